The quantitative estimate of drug-likeness (QED) is 0.688. The Morgan fingerprint density at radius 3 is 2.79 bits per heavy atom. The topological polar surface area (TPSA) is 78.1 Å². The maximum Gasteiger partial charge on any atom is 0.243 e. The number of rotatable bonds is 9. The highest BCUT2D eigenvalue weighted by molar-refractivity contribution is 5.94. The highest BCUT2D eigenvalue weighted by atomic mass is 16.5. The molecule has 2 N–H and O–H groups in total. The lowest BCUT2D eigenvalue weighted by atomic mass is 10.2. The molecule has 1 aliphatic rings. The zero-order valence-electron chi connectivity index (χ0n) is 16.2. The van der Waals surface area contributed by atoms with Gasteiger partial charge < -0.3 is 29.6 Å². The normalized spacial score (nSPS) is 15.7. The first-order valence-electron chi connectivity index (χ1n) is 9.28. The number of methoxy groups -OCH3 is 2. The van der Waals surface area contributed by atoms with Crippen LogP contribution in [-0.2, 0) is 9.53 Å². The van der Waals surface area contributed by atoms with Crippen molar-refractivity contribution < 1.29 is 23.7 Å². The third-order valence-electron chi connectivity index (χ3n) is 4.42. The van der Waals surface area contributed by atoms with Crippen LogP contribution in [0, 0.1) is 0 Å². The second-order valence-electron chi connectivity index (χ2n) is 6.44. The fourth-order valence-corrected chi connectivity index (χ4v) is 2.96. The molecule has 0 radical (unpaired) electrons. The summed E-state index contributed by atoms with van der Waals surface area (Å²) in [6.07, 6.45) is 2.26. The number of carbonyl (C=O) groups is 1. The molecule has 28 heavy (non-hydrogen) atoms. The van der Waals surface area contributed by atoms with Crippen molar-refractivity contribution in [2.75, 3.05) is 44.6 Å². The Hall–Kier alpha value is -2.93. The Labute approximate surface area is 164 Å². The molecule has 0 bridgehead atoms. The molecule has 7 heteroatoms. The monoisotopic (exact) mass is 386 g/mol. The Kier molecular flexibility index (Phi) is 6.97. The molecule has 1 aliphatic heterocycles. The number of ether oxygens (including phenoxy) is 4. The summed E-state index contributed by atoms with van der Waals surface area (Å²) < 4.78 is 21.8. The second kappa shape index (κ2) is 9.85. The molecule has 1 saturated heterocycles. The first-order chi connectivity index (χ1) is 13.7. The van der Waals surface area contributed by atoms with E-state index in [1.165, 1.54) is 0 Å². The highest BCUT2D eigenvalue weighted by Crippen LogP contribution is 2.28. The van der Waals surface area contributed by atoms with Crippen LogP contribution in [0.4, 0.5) is 11.4 Å². The number of carbonyl (C=O) groups excluding carboxylic acids is 1. The summed E-state index contributed by atoms with van der Waals surface area (Å²) in [7, 11) is 3.17. The largest absolute Gasteiger partial charge is 0.497 e. The molecule has 1 fully saturated rings. The third kappa shape index (κ3) is 5.53. The van der Waals surface area contributed by atoms with Gasteiger partial charge in [-0.3, -0.25) is 4.79 Å². The maximum atomic E-state index is 12.3. The zero-order valence-corrected chi connectivity index (χ0v) is 16.2. The number of amides is 1. The minimum atomic E-state index is -0.179. The summed E-state index contributed by atoms with van der Waals surface area (Å²) in [6, 6.07) is 12.7. The molecule has 2 aromatic rings. The molecule has 0 saturated carbocycles. The van der Waals surface area contributed by atoms with E-state index in [0.717, 1.165) is 19.4 Å². The van der Waals surface area contributed by atoms with E-state index in [0.29, 0.717) is 35.2 Å². The van der Waals surface area contributed by atoms with E-state index in [2.05, 4.69) is 10.6 Å². The van der Waals surface area contributed by atoms with E-state index in [1.54, 1.807) is 38.5 Å². The number of benzene rings is 2. The summed E-state index contributed by atoms with van der Waals surface area (Å²) in [5.74, 6) is 1.84. The maximum absolute atomic E-state index is 12.3. The fourth-order valence-electron chi connectivity index (χ4n) is 2.96. The third-order valence-corrected chi connectivity index (χ3v) is 4.42. The van der Waals surface area contributed by atoms with Crippen LogP contribution in [0.2, 0.25) is 0 Å². The zero-order chi connectivity index (χ0) is 19.8. The van der Waals surface area contributed by atoms with Gasteiger partial charge in [0.15, 0.2) is 0 Å². The Balaban J connectivity index is 1.52. The molecular weight excluding hydrogens is 360 g/mol. The van der Waals surface area contributed by atoms with Crippen LogP contribution in [0.25, 0.3) is 0 Å². The standard InChI is InChI=1S/C21H26N2O5/c1-25-16-8-9-20(26-2)19(12-16)22-13-21(24)23-15-5-3-6-17(11-15)28-14-18-7-4-10-27-18/h3,5-6,8-9,11-12,18,22H,4,7,10,13-14H2,1-2H3,(H,23,24). The molecular formula is C21H26N2O5. The molecule has 7 nitrogen and oxygen atoms in total. The van der Waals surface area contributed by atoms with Crippen LogP contribution >= 0.6 is 0 Å². The predicted octanol–water partition coefficient (Wildman–Crippen LogP) is 3.31. The van der Waals surface area contributed by atoms with Gasteiger partial charge in [-0.05, 0) is 37.1 Å². The van der Waals surface area contributed by atoms with Crippen LogP contribution in [0.5, 0.6) is 17.2 Å². The lowest BCUT2D eigenvalue weighted by molar-refractivity contribution is -0.114. The van der Waals surface area contributed by atoms with Gasteiger partial charge in [-0.2, -0.15) is 0 Å². The van der Waals surface area contributed by atoms with Gasteiger partial charge in [0.05, 0.1) is 32.6 Å². The smallest absolute Gasteiger partial charge is 0.243 e. The SMILES string of the molecule is COc1ccc(OC)c(NCC(=O)Nc2cccc(OCC3CCCO3)c2)c1. The van der Waals surface area contributed by atoms with Crippen LogP contribution in [0.1, 0.15) is 12.8 Å². The van der Waals surface area contributed by atoms with Crippen molar-refractivity contribution >= 4 is 17.3 Å². The van der Waals surface area contributed by atoms with Gasteiger partial charge in [-0.15, -0.1) is 0 Å². The van der Waals surface area contributed by atoms with Gasteiger partial charge >= 0.3 is 0 Å². The number of anilines is 2. The van der Waals surface area contributed by atoms with Crippen LogP contribution in [-0.4, -0.2) is 46.0 Å². The summed E-state index contributed by atoms with van der Waals surface area (Å²) in [5, 5.41) is 5.93. The molecule has 150 valence electrons. The van der Waals surface area contributed by atoms with Crippen molar-refractivity contribution in [3.8, 4) is 17.2 Å². The molecule has 1 heterocycles. The van der Waals surface area contributed by atoms with Crippen LogP contribution < -0.4 is 24.8 Å². The van der Waals surface area contributed by atoms with Crippen molar-refractivity contribution in [3.63, 3.8) is 0 Å². The number of nitrogens with one attached hydrogen (secondary N) is 2. The van der Waals surface area contributed by atoms with E-state index in [-0.39, 0.29) is 18.6 Å². The summed E-state index contributed by atoms with van der Waals surface area (Å²) in [6.45, 7) is 1.41. The van der Waals surface area contributed by atoms with Crippen molar-refractivity contribution in [2.24, 2.45) is 0 Å². The van der Waals surface area contributed by atoms with Crippen molar-refractivity contribution in [2.45, 2.75) is 18.9 Å². The van der Waals surface area contributed by atoms with E-state index >= 15 is 0 Å². The fraction of sp³-hybridized carbons (Fsp3) is 0.381. The summed E-state index contributed by atoms with van der Waals surface area (Å²) in [5.41, 5.74) is 1.36. The van der Waals surface area contributed by atoms with E-state index < -0.39 is 0 Å². The molecule has 0 aromatic heterocycles. The first-order valence-corrected chi connectivity index (χ1v) is 9.28. The molecule has 0 spiro atoms. The van der Waals surface area contributed by atoms with Gasteiger partial charge in [0, 0.05) is 24.4 Å². The summed E-state index contributed by atoms with van der Waals surface area (Å²) >= 11 is 0. The van der Waals surface area contributed by atoms with Gasteiger partial charge in [0.2, 0.25) is 5.91 Å². The molecule has 1 unspecified atom stereocenters. The Morgan fingerprint density at radius 2 is 2.04 bits per heavy atom. The molecule has 3 rings (SSSR count). The van der Waals surface area contributed by atoms with Gasteiger partial charge in [-0.1, -0.05) is 6.07 Å². The molecule has 1 atom stereocenters. The molecule has 2 aromatic carbocycles. The lowest BCUT2D eigenvalue weighted by Gasteiger charge is -2.14. The van der Waals surface area contributed by atoms with Gasteiger partial charge in [0.25, 0.3) is 0 Å². The minimum absolute atomic E-state index is 0.0878. The van der Waals surface area contributed by atoms with Crippen molar-refractivity contribution in [3.05, 3.63) is 42.5 Å². The number of hydrogen-bond donors (Lipinski definition) is 2. The van der Waals surface area contributed by atoms with Gasteiger partial charge in [-0.25, -0.2) is 0 Å². The second-order valence-corrected chi connectivity index (χ2v) is 6.44. The first kappa shape index (κ1) is 19.8. The van der Waals surface area contributed by atoms with Gasteiger partial charge in [0.1, 0.15) is 23.9 Å². The Morgan fingerprint density at radius 1 is 1.14 bits per heavy atom. The lowest BCUT2D eigenvalue weighted by Crippen LogP contribution is -2.22. The molecule has 1 amide bonds. The minimum Gasteiger partial charge on any atom is -0.497 e. The summed E-state index contributed by atoms with van der Waals surface area (Å²) in [4.78, 5) is 12.3. The van der Waals surface area contributed by atoms with Crippen LogP contribution in [0.15, 0.2) is 42.5 Å². The van der Waals surface area contributed by atoms with Crippen molar-refractivity contribution in [1.29, 1.82) is 0 Å². The average Bonchev–Trinajstić information content (AvgIpc) is 3.24. The van der Waals surface area contributed by atoms with E-state index in [9.17, 15) is 4.79 Å². The predicted molar refractivity (Wildman–Crippen MR) is 108 cm³/mol. The highest BCUT2D eigenvalue weighted by Gasteiger charge is 2.16. The Bertz CT molecular complexity index is 790. The average molecular weight is 386 g/mol. The van der Waals surface area contributed by atoms with Crippen molar-refractivity contribution in [1.82, 2.24) is 0 Å². The number of hydrogen-bond acceptors (Lipinski definition) is 6. The molecule has 0 aliphatic carbocycles. The van der Waals surface area contributed by atoms with Crippen LogP contribution in [0.3, 0.4) is 0 Å². The van der Waals surface area contributed by atoms with E-state index in [1.807, 2.05) is 18.2 Å². The van der Waals surface area contributed by atoms with E-state index in [4.69, 9.17) is 18.9 Å².